The number of carbonyl (C=O) groups is 1. The Morgan fingerprint density at radius 3 is 2.21 bits per heavy atom. The molecule has 4 aliphatic carbocycles. The van der Waals surface area contributed by atoms with Crippen molar-refractivity contribution in [1.29, 1.82) is 0 Å². The number of aliphatic hydroxyl groups excluding tert-OH is 1. The molecule has 4 saturated carbocycles. The summed E-state index contributed by atoms with van der Waals surface area (Å²) in [5.41, 5.74) is -0.0688. The van der Waals surface area contributed by atoms with E-state index in [1.165, 1.54) is 19.3 Å². The Kier molecular flexibility index (Phi) is 3.59. The molecule has 2 N–H and O–H groups in total. The van der Waals surface area contributed by atoms with E-state index in [2.05, 4.69) is 12.2 Å². The first-order valence-electron chi connectivity index (χ1n) is 8.07. The van der Waals surface area contributed by atoms with Gasteiger partial charge in [-0.25, -0.2) is 0 Å². The van der Waals surface area contributed by atoms with E-state index in [0.29, 0.717) is 6.54 Å². The van der Waals surface area contributed by atoms with Gasteiger partial charge in [-0.1, -0.05) is 13.3 Å². The average Bonchev–Trinajstić information content (AvgIpc) is 2.34. The van der Waals surface area contributed by atoms with E-state index in [1.807, 2.05) is 0 Å². The smallest absolute Gasteiger partial charge is 0.226 e. The molecular weight excluding hydrogens is 238 g/mol. The first-order chi connectivity index (χ1) is 9.11. The van der Waals surface area contributed by atoms with Crippen LogP contribution in [0.2, 0.25) is 0 Å². The second kappa shape index (κ2) is 5.08. The maximum Gasteiger partial charge on any atom is 0.226 e. The number of aliphatic hydroxyl groups is 1. The van der Waals surface area contributed by atoms with Crippen LogP contribution in [0.15, 0.2) is 0 Å². The Morgan fingerprint density at radius 2 is 1.74 bits per heavy atom. The molecule has 4 fully saturated rings. The van der Waals surface area contributed by atoms with E-state index in [9.17, 15) is 9.90 Å². The van der Waals surface area contributed by atoms with E-state index in [0.717, 1.165) is 49.9 Å². The van der Waals surface area contributed by atoms with Gasteiger partial charge in [0.15, 0.2) is 0 Å². The molecule has 19 heavy (non-hydrogen) atoms. The van der Waals surface area contributed by atoms with Gasteiger partial charge in [0, 0.05) is 12.0 Å². The quantitative estimate of drug-likeness (QED) is 0.802. The monoisotopic (exact) mass is 265 g/mol. The van der Waals surface area contributed by atoms with Gasteiger partial charge in [0.1, 0.15) is 0 Å². The molecule has 3 heteroatoms. The Hall–Kier alpha value is -0.570. The summed E-state index contributed by atoms with van der Waals surface area (Å²) in [4.78, 5) is 12.6. The second-order valence-corrected chi connectivity index (χ2v) is 7.35. The van der Waals surface area contributed by atoms with Crippen LogP contribution in [0.25, 0.3) is 0 Å². The summed E-state index contributed by atoms with van der Waals surface area (Å²) in [6.45, 7) is 2.50. The minimum atomic E-state index is -0.372. The minimum absolute atomic E-state index is 0.0688. The number of amides is 1. The molecule has 4 rings (SSSR count). The number of rotatable bonds is 5. The van der Waals surface area contributed by atoms with Crippen molar-refractivity contribution < 1.29 is 9.90 Å². The third-order valence-corrected chi connectivity index (χ3v) is 5.64. The van der Waals surface area contributed by atoms with Crippen LogP contribution in [-0.4, -0.2) is 23.7 Å². The lowest BCUT2D eigenvalue weighted by atomic mass is 9.49. The fourth-order valence-electron chi connectivity index (χ4n) is 5.22. The van der Waals surface area contributed by atoms with Crippen LogP contribution in [0.5, 0.6) is 0 Å². The number of hydrogen-bond donors (Lipinski definition) is 2. The van der Waals surface area contributed by atoms with Crippen molar-refractivity contribution in [3.8, 4) is 0 Å². The summed E-state index contributed by atoms with van der Waals surface area (Å²) in [5.74, 6) is 2.65. The summed E-state index contributed by atoms with van der Waals surface area (Å²) in [6, 6.07) is 0. The van der Waals surface area contributed by atoms with Gasteiger partial charge in [-0.2, -0.15) is 0 Å². The number of carbonyl (C=O) groups excluding carboxylic acids is 1. The van der Waals surface area contributed by atoms with Gasteiger partial charge in [-0.3, -0.25) is 4.79 Å². The van der Waals surface area contributed by atoms with Crippen LogP contribution in [0.1, 0.15) is 58.3 Å². The highest BCUT2D eigenvalue weighted by atomic mass is 16.3. The van der Waals surface area contributed by atoms with E-state index >= 15 is 0 Å². The Balaban J connectivity index is 1.60. The number of nitrogens with one attached hydrogen (secondary N) is 1. The molecule has 0 saturated heterocycles. The van der Waals surface area contributed by atoms with Crippen molar-refractivity contribution in [2.75, 3.05) is 6.54 Å². The van der Waals surface area contributed by atoms with Gasteiger partial charge >= 0.3 is 0 Å². The van der Waals surface area contributed by atoms with Crippen molar-refractivity contribution in [2.24, 2.45) is 23.2 Å². The molecule has 0 aromatic rings. The summed E-state index contributed by atoms with van der Waals surface area (Å²) >= 11 is 0. The van der Waals surface area contributed by atoms with Gasteiger partial charge < -0.3 is 10.4 Å². The van der Waals surface area contributed by atoms with Crippen LogP contribution in [-0.2, 0) is 4.79 Å². The molecule has 0 radical (unpaired) electrons. The van der Waals surface area contributed by atoms with Crippen LogP contribution >= 0.6 is 0 Å². The average molecular weight is 265 g/mol. The Bertz CT molecular complexity index is 317. The molecule has 0 spiro atoms. The summed E-state index contributed by atoms with van der Waals surface area (Å²) in [5, 5.41) is 12.8. The number of hydrogen-bond acceptors (Lipinski definition) is 2. The van der Waals surface area contributed by atoms with Crippen LogP contribution in [0.3, 0.4) is 0 Å². The molecule has 0 aromatic carbocycles. The second-order valence-electron chi connectivity index (χ2n) is 7.35. The zero-order valence-corrected chi connectivity index (χ0v) is 12.0. The molecule has 0 aromatic heterocycles. The van der Waals surface area contributed by atoms with E-state index in [4.69, 9.17) is 0 Å². The molecular formula is C16H27NO2. The molecule has 1 atom stereocenters. The lowest BCUT2D eigenvalue weighted by molar-refractivity contribution is -0.146. The van der Waals surface area contributed by atoms with Crippen molar-refractivity contribution in [2.45, 2.75) is 64.4 Å². The van der Waals surface area contributed by atoms with E-state index in [-0.39, 0.29) is 17.4 Å². The first-order valence-corrected chi connectivity index (χ1v) is 8.07. The molecule has 108 valence electrons. The van der Waals surface area contributed by atoms with Crippen molar-refractivity contribution >= 4 is 5.91 Å². The maximum atomic E-state index is 12.6. The van der Waals surface area contributed by atoms with Crippen molar-refractivity contribution in [3.05, 3.63) is 0 Å². The van der Waals surface area contributed by atoms with Crippen LogP contribution in [0.4, 0.5) is 0 Å². The summed E-state index contributed by atoms with van der Waals surface area (Å²) < 4.78 is 0. The highest BCUT2D eigenvalue weighted by Crippen LogP contribution is 2.60. The van der Waals surface area contributed by atoms with Gasteiger partial charge in [-0.15, -0.1) is 0 Å². The zero-order chi connectivity index (χ0) is 13.5. The summed E-state index contributed by atoms with van der Waals surface area (Å²) in [6.07, 6.45) is 8.79. The van der Waals surface area contributed by atoms with E-state index in [1.54, 1.807) is 0 Å². The molecule has 0 aliphatic heterocycles. The van der Waals surface area contributed by atoms with Crippen LogP contribution < -0.4 is 5.32 Å². The van der Waals surface area contributed by atoms with Gasteiger partial charge in [0.25, 0.3) is 0 Å². The molecule has 1 unspecified atom stereocenters. The van der Waals surface area contributed by atoms with Gasteiger partial charge in [0.2, 0.25) is 5.91 Å². The summed E-state index contributed by atoms with van der Waals surface area (Å²) in [7, 11) is 0. The molecule has 4 bridgehead atoms. The van der Waals surface area contributed by atoms with E-state index < -0.39 is 0 Å². The molecule has 3 nitrogen and oxygen atoms in total. The Morgan fingerprint density at radius 1 is 1.21 bits per heavy atom. The fraction of sp³-hybridized carbons (Fsp3) is 0.938. The molecule has 0 heterocycles. The SMILES string of the molecule is CCCC(O)CNC(=O)C12CC3CC(CC(C3)C1)C2. The fourth-order valence-corrected chi connectivity index (χ4v) is 5.22. The predicted molar refractivity (Wildman–Crippen MR) is 74.5 cm³/mol. The third kappa shape index (κ3) is 2.54. The highest BCUT2D eigenvalue weighted by Gasteiger charge is 2.54. The predicted octanol–water partition coefficient (Wildman–Crippen LogP) is 2.48. The maximum absolute atomic E-state index is 12.6. The lowest BCUT2D eigenvalue weighted by Crippen LogP contribution is -2.54. The normalized spacial score (nSPS) is 41.3. The highest BCUT2D eigenvalue weighted by molar-refractivity contribution is 5.83. The minimum Gasteiger partial charge on any atom is -0.391 e. The van der Waals surface area contributed by atoms with Crippen molar-refractivity contribution in [3.63, 3.8) is 0 Å². The first kappa shape index (κ1) is 13.4. The van der Waals surface area contributed by atoms with Crippen molar-refractivity contribution in [1.82, 2.24) is 5.32 Å². The zero-order valence-electron chi connectivity index (χ0n) is 12.0. The Labute approximate surface area is 116 Å². The topological polar surface area (TPSA) is 49.3 Å². The largest absolute Gasteiger partial charge is 0.391 e. The standard InChI is InChI=1S/C16H27NO2/c1-2-3-14(18)10-17-15(19)16-7-11-4-12(8-16)6-13(5-11)9-16/h11-14,18H,2-10H2,1H3,(H,17,19). The van der Waals surface area contributed by atoms with Gasteiger partial charge in [-0.05, 0) is 62.7 Å². The third-order valence-electron chi connectivity index (χ3n) is 5.64. The van der Waals surface area contributed by atoms with Gasteiger partial charge in [0.05, 0.1) is 6.10 Å². The lowest BCUT2D eigenvalue weighted by Gasteiger charge is -2.55. The molecule has 1 amide bonds. The van der Waals surface area contributed by atoms with Crippen LogP contribution in [0, 0.1) is 23.2 Å². The molecule has 4 aliphatic rings.